The van der Waals surface area contributed by atoms with Gasteiger partial charge in [-0.15, -0.1) is 0 Å². The Morgan fingerprint density at radius 2 is 0.939 bits per heavy atom. The fourth-order valence-electron chi connectivity index (χ4n) is 3.45. The molecule has 2 aromatic carbocycles. The van der Waals surface area contributed by atoms with Crippen LogP contribution in [0, 0.1) is 34.9 Å². The van der Waals surface area contributed by atoms with E-state index in [0.29, 0.717) is 0 Å². The minimum absolute atomic E-state index is 0.00269. The van der Waals surface area contributed by atoms with Crippen molar-refractivity contribution in [2.75, 3.05) is 13.1 Å². The molecule has 0 aromatic heterocycles. The molecule has 0 bridgehead atoms. The largest absolute Gasteiger partial charge is 0.373 e. The van der Waals surface area contributed by atoms with Crippen molar-refractivity contribution in [2.24, 2.45) is 0 Å². The molecule has 0 unspecified atom stereocenters. The Hall–Kier alpha value is -3.66. The predicted octanol–water partition coefficient (Wildman–Crippen LogP) is 2.83. The molecule has 4 rings (SSSR count). The Bertz CT molecular complexity index is 1010. The van der Waals surface area contributed by atoms with E-state index in [0.717, 1.165) is 24.3 Å². The van der Waals surface area contributed by atoms with Gasteiger partial charge in [0.15, 0.2) is 23.3 Å². The standard InChI is InChI=1S/2C10H8F3NO.CO2/c2*11-6-1-2-7(12)10(13)9(6)5-3-8(15)14-4-5;2-1-3/h2*1-2,5H,3-4H2,(H,14,15);/t2*5-;/m00./s1. The summed E-state index contributed by atoms with van der Waals surface area (Å²) in [6, 6.07) is 3.21. The van der Waals surface area contributed by atoms with Gasteiger partial charge in [0.05, 0.1) is 0 Å². The van der Waals surface area contributed by atoms with E-state index in [9.17, 15) is 35.9 Å². The van der Waals surface area contributed by atoms with Crippen molar-refractivity contribution in [1.82, 2.24) is 10.6 Å². The molecule has 0 saturated carbocycles. The lowest BCUT2D eigenvalue weighted by Gasteiger charge is -2.10. The highest BCUT2D eigenvalue weighted by atomic mass is 19.2. The summed E-state index contributed by atoms with van der Waals surface area (Å²) < 4.78 is 78.8. The zero-order valence-electron chi connectivity index (χ0n) is 16.7. The lowest BCUT2D eigenvalue weighted by Crippen LogP contribution is -2.14. The minimum atomic E-state index is -1.20. The van der Waals surface area contributed by atoms with E-state index >= 15 is 0 Å². The minimum Gasteiger partial charge on any atom is -0.355 e. The summed E-state index contributed by atoms with van der Waals surface area (Å²) >= 11 is 0. The van der Waals surface area contributed by atoms with E-state index in [1.54, 1.807) is 0 Å². The molecular weight excluding hydrogens is 458 g/mol. The first-order valence-corrected chi connectivity index (χ1v) is 9.40. The van der Waals surface area contributed by atoms with Crippen LogP contribution in [0.5, 0.6) is 0 Å². The number of carbonyl (C=O) groups excluding carboxylic acids is 4. The maximum Gasteiger partial charge on any atom is 0.373 e. The summed E-state index contributed by atoms with van der Waals surface area (Å²) in [5.74, 6) is -7.98. The van der Waals surface area contributed by atoms with Crippen LogP contribution in [-0.2, 0) is 19.2 Å². The number of amides is 2. The molecule has 176 valence electrons. The second kappa shape index (κ2) is 11.3. The molecule has 2 saturated heterocycles. The summed E-state index contributed by atoms with van der Waals surface area (Å²) in [5.41, 5.74) is -0.679. The molecule has 2 aliphatic heterocycles. The van der Waals surface area contributed by atoms with Gasteiger partial charge < -0.3 is 10.6 Å². The highest BCUT2D eigenvalue weighted by molar-refractivity contribution is 5.80. The quantitative estimate of drug-likeness (QED) is 0.517. The average Bonchev–Trinajstić information content (AvgIpc) is 3.38. The maximum atomic E-state index is 13.3. The summed E-state index contributed by atoms with van der Waals surface area (Å²) in [5, 5.41) is 4.89. The predicted molar refractivity (Wildman–Crippen MR) is 98.4 cm³/mol. The number of hydrogen-bond acceptors (Lipinski definition) is 4. The maximum absolute atomic E-state index is 13.3. The molecule has 2 aromatic rings. The third-order valence-electron chi connectivity index (χ3n) is 4.93. The molecular formula is C21H16F6N2O4. The number of hydrogen-bond donors (Lipinski definition) is 2. The van der Waals surface area contributed by atoms with Gasteiger partial charge in [0, 0.05) is 48.9 Å². The Labute approximate surface area is 183 Å². The van der Waals surface area contributed by atoms with Crippen molar-refractivity contribution < 1.29 is 45.5 Å². The smallest absolute Gasteiger partial charge is 0.355 e. The highest BCUT2D eigenvalue weighted by Crippen LogP contribution is 2.30. The average molecular weight is 474 g/mol. The second-order valence-corrected chi connectivity index (χ2v) is 7.01. The van der Waals surface area contributed by atoms with E-state index in [-0.39, 0.29) is 55.0 Å². The fourth-order valence-corrected chi connectivity index (χ4v) is 3.45. The monoisotopic (exact) mass is 474 g/mol. The van der Waals surface area contributed by atoms with Gasteiger partial charge in [-0.25, -0.2) is 26.3 Å². The Balaban J connectivity index is 0.000000209. The van der Waals surface area contributed by atoms with Crippen LogP contribution in [0.3, 0.4) is 0 Å². The first kappa shape index (κ1) is 25.6. The van der Waals surface area contributed by atoms with Gasteiger partial charge in [0.2, 0.25) is 11.8 Å². The molecule has 2 aliphatic rings. The van der Waals surface area contributed by atoms with E-state index in [4.69, 9.17) is 9.59 Å². The van der Waals surface area contributed by atoms with Gasteiger partial charge in [-0.3, -0.25) is 9.59 Å². The van der Waals surface area contributed by atoms with Crippen LogP contribution in [0.2, 0.25) is 0 Å². The van der Waals surface area contributed by atoms with Gasteiger partial charge >= 0.3 is 6.15 Å². The lowest BCUT2D eigenvalue weighted by atomic mass is 9.97. The summed E-state index contributed by atoms with van der Waals surface area (Å²) in [6.07, 6.45) is 0.245. The first-order valence-electron chi connectivity index (χ1n) is 9.40. The third-order valence-corrected chi connectivity index (χ3v) is 4.93. The second-order valence-electron chi connectivity index (χ2n) is 7.01. The normalized spacial score (nSPS) is 18.8. The molecule has 2 amide bonds. The van der Waals surface area contributed by atoms with Crippen LogP contribution >= 0.6 is 0 Å². The molecule has 6 nitrogen and oxygen atoms in total. The van der Waals surface area contributed by atoms with Gasteiger partial charge in [0.25, 0.3) is 0 Å². The summed E-state index contributed by atoms with van der Waals surface area (Å²) in [6.45, 7) is 0.298. The zero-order chi connectivity index (χ0) is 24.7. The first-order chi connectivity index (χ1) is 15.6. The van der Waals surface area contributed by atoms with Crippen molar-refractivity contribution in [3.63, 3.8) is 0 Å². The van der Waals surface area contributed by atoms with Crippen LogP contribution in [0.1, 0.15) is 35.8 Å². The zero-order valence-corrected chi connectivity index (χ0v) is 16.7. The molecule has 2 heterocycles. The summed E-state index contributed by atoms with van der Waals surface area (Å²) in [7, 11) is 0. The molecule has 33 heavy (non-hydrogen) atoms. The molecule has 2 atom stereocenters. The molecule has 0 aliphatic carbocycles. The Morgan fingerprint density at radius 1 is 0.636 bits per heavy atom. The number of carbonyl (C=O) groups is 2. The molecule has 12 heteroatoms. The number of nitrogens with one attached hydrogen (secondary N) is 2. The van der Waals surface area contributed by atoms with Crippen LogP contribution in [0.15, 0.2) is 24.3 Å². The topological polar surface area (TPSA) is 92.3 Å². The van der Waals surface area contributed by atoms with Gasteiger partial charge in [-0.2, -0.15) is 9.59 Å². The van der Waals surface area contributed by atoms with Crippen LogP contribution in [-0.4, -0.2) is 31.1 Å². The van der Waals surface area contributed by atoms with Crippen molar-refractivity contribution in [1.29, 1.82) is 0 Å². The molecule has 0 radical (unpaired) electrons. The van der Waals surface area contributed by atoms with Gasteiger partial charge in [-0.1, -0.05) is 0 Å². The Morgan fingerprint density at radius 3 is 1.21 bits per heavy atom. The SMILES string of the molecule is O=C1C[C@H](c2c(F)ccc(F)c2F)CN1.O=C1C[C@H](c2c(F)ccc(F)c2F)CN1.O=C=O. The van der Waals surface area contributed by atoms with Crippen LogP contribution in [0.25, 0.3) is 0 Å². The van der Waals surface area contributed by atoms with Gasteiger partial charge in [0.1, 0.15) is 11.6 Å². The van der Waals surface area contributed by atoms with Crippen LogP contribution in [0.4, 0.5) is 26.3 Å². The van der Waals surface area contributed by atoms with Gasteiger partial charge in [-0.05, 0) is 24.3 Å². The molecule has 0 spiro atoms. The highest BCUT2D eigenvalue weighted by Gasteiger charge is 2.30. The third kappa shape index (κ3) is 6.19. The van der Waals surface area contributed by atoms with Crippen molar-refractivity contribution in [3.8, 4) is 0 Å². The van der Waals surface area contributed by atoms with Crippen molar-refractivity contribution in [3.05, 3.63) is 70.3 Å². The number of halogens is 6. The fraction of sp³-hybridized carbons (Fsp3) is 0.286. The van der Waals surface area contributed by atoms with E-state index < -0.39 is 46.7 Å². The number of rotatable bonds is 2. The summed E-state index contributed by atoms with van der Waals surface area (Å²) in [4.78, 5) is 38.0. The van der Waals surface area contributed by atoms with E-state index in [1.807, 2.05) is 0 Å². The van der Waals surface area contributed by atoms with E-state index in [1.165, 1.54) is 0 Å². The van der Waals surface area contributed by atoms with Crippen molar-refractivity contribution in [2.45, 2.75) is 24.7 Å². The van der Waals surface area contributed by atoms with Crippen molar-refractivity contribution >= 4 is 18.0 Å². The Kier molecular flexibility index (Phi) is 8.75. The number of benzene rings is 2. The lowest BCUT2D eigenvalue weighted by molar-refractivity contribution is -0.191. The van der Waals surface area contributed by atoms with E-state index in [2.05, 4.69) is 10.6 Å². The van der Waals surface area contributed by atoms with Crippen LogP contribution < -0.4 is 10.6 Å². The molecule has 2 N–H and O–H groups in total. The molecule has 2 fully saturated rings.